The highest BCUT2D eigenvalue weighted by Gasteiger charge is 2.45. The van der Waals surface area contributed by atoms with Crippen molar-refractivity contribution in [3.63, 3.8) is 0 Å². The molecule has 0 spiro atoms. The van der Waals surface area contributed by atoms with Crippen LogP contribution in [-0.2, 0) is 0 Å². The quantitative estimate of drug-likeness (QED) is 0.608. The predicted octanol–water partition coefficient (Wildman–Crippen LogP) is 2.78. The number of nitrogens with two attached hydrogens (primary N) is 1. The van der Waals surface area contributed by atoms with E-state index in [0.717, 1.165) is 5.75 Å². The highest BCUT2D eigenvalue weighted by atomic mass is 16.5. The van der Waals surface area contributed by atoms with Gasteiger partial charge >= 0.3 is 0 Å². The van der Waals surface area contributed by atoms with E-state index in [0.29, 0.717) is 5.41 Å². The van der Waals surface area contributed by atoms with Gasteiger partial charge in [-0.3, -0.25) is 11.3 Å². The Bertz CT molecular complexity index is 368. The predicted molar refractivity (Wildman–Crippen MR) is 69.6 cm³/mol. The molecule has 1 aliphatic rings. The van der Waals surface area contributed by atoms with Crippen LogP contribution in [-0.4, -0.2) is 6.10 Å². The first-order valence-electron chi connectivity index (χ1n) is 6.28. The van der Waals surface area contributed by atoms with Crippen molar-refractivity contribution < 1.29 is 4.74 Å². The summed E-state index contributed by atoms with van der Waals surface area (Å²) in [5.74, 6) is 6.59. The molecule has 1 aromatic carbocycles. The first-order chi connectivity index (χ1) is 8.05. The molecule has 17 heavy (non-hydrogen) atoms. The molecule has 0 heterocycles. The maximum atomic E-state index is 5.67. The fourth-order valence-corrected chi connectivity index (χ4v) is 2.20. The van der Waals surface area contributed by atoms with Gasteiger partial charge in [-0.05, 0) is 49.8 Å². The number of nitrogens with one attached hydrogen (secondary N) is 1. The van der Waals surface area contributed by atoms with Gasteiger partial charge in [0.05, 0.1) is 12.1 Å². The minimum absolute atomic E-state index is 0.213. The lowest BCUT2D eigenvalue weighted by molar-refractivity contribution is 0.242. The average Bonchev–Trinajstić information content (AvgIpc) is 3.00. The molecule has 0 bridgehead atoms. The molecule has 0 aliphatic heterocycles. The first-order valence-corrected chi connectivity index (χ1v) is 6.28. The summed E-state index contributed by atoms with van der Waals surface area (Å²) in [4.78, 5) is 0. The zero-order valence-corrected chi connectivity index (χ0v) is 10.9. The van der Waals surface area contributed by atoms with E-state index in [9.17, 15) is 0 Å². The molecule has 0 amide bonds. The molecule has 0 saturated heterocycles. The van der Waals surface area contributed by atoms with Gasteiger partial charge in [-0.1, -0.05) is 19.1 Å². The van der Waals surface area contributed by atoms with Crippen molar-refractivity contribution in [1.29, 1.82) is 0 Å². The van der Waals surface area contributed by atoms with E-state index < -0.39 is 0 Å². The minimum atomic E-state index is 0.213. The SMILES string of the molecule is CC(C)Oc1ccc(C(NN)C2(C)CC2)cc1. The van der Waals surface area contributed by atoms with Gasteiger partial charge in [0.1, 0.15) is 5.75 Å². The van der Waals surface area contributed by atoms with Crippen LogP contribution in [0, 0.1) is 5.41 Å². The Hall–Kier alpha value is -1.06. The van der Waals surface area contributed by atoms with E-state index in [-0.39, 0.29) is 12.1 Å². The van der Waals surface area contributed by atoms with Crippen molar-refractivity contribution in [1.82, 2.24) is 5.43 Å². The van der Waals surface area contributed by atoms with Crippen molar-refractivity contribution in [2.24, 2.45) is 11.3 Å². The van der Waals surface area contributed by atoms with E-state index in [2.05, 4.69) is 24.5 Å². The largest absolute Gasteiger partial charge is 0.491 e. The van der Waals surface area contributed by atoms with Crippen molar-refractivity contribution in [3.05, 3.63) is 29.8 Å². The second kappa shape index (κ2) is 4.67. The molecule has 1 saturated carbocycles. The fourth-order valence-electron chi connectivity index (χ4n) is 2.20. The van der Waals surface area contributed by atoms with Crippen molar-refractivity contribution in [3.8, 4) is 5.75 Å². The van der Waals surface area contributed by atoms with Crippen LogP contribution in [0.25, 0.3) is 0 Å². The Balaban J connectivity index is 2.11. The zero-order valence-electron chi connectivity index (χ0n) is 10.9. The van der Waals surface area contributed by atoms with Gasteiger partial charge in [0.25, 0.3) is 0 Å². The average molecular weight is 234 g/mol. The summed E-state index contributed by atoms with van der Waals surface area (Å²) in [5, 5.41) is 0. The Morgan fingerprint density at radius 1 is 1.24 bits per heavy atom. The van der Waals surface area contributed by atoms with Crippen LogP contribution >= 0.6 is 0 Å². The van der Waals surface area contributed by atoms with Gasteiger partial charge in [-0.15, -0.1) is 0 Å². The summed E-state index contributed by atoms with van der Waals surface area (Å²) >= 11 is 0. The van der Waals surface area contributed by atoms with Crippen LogP contribution in [0.1, 0.15) is 45.2 Å². The molecular formula is C14H22N2O. The third kappa shape index (κ3) is 2.79. The highest BCUT2D eigenvalue weighted by molar-refractivity contribution is 5.31. The monoisotopic (exact) mass is 234 g/mol. The first kappa shape index (κ1) is 12.4. The summed E-state index contributed by atoms with van der Waals surface area (Å²) in [6.45, 7) is 6.34. The molecule has 0 aromatic heterocycles. The van der Waals surface area contributed by atoms with Gasteiger partial charge in [-0.25, -0.2) is 0 Å². The molecule has 1 unspecified atom stereocenters. The van der Waals surface area contributed by atoms with Crippen LogP contribution in [0.5, 0.6) is 5.75 Å². The Morgan fingerprint density at radius 3 is 2.24 bits per heavy atom. The Labute approximate surface area is 103 Å². The molecule has 0 radical (unpaired) electrons. The lowest BCUT2D eigenvalue weighted by Gasteiger charge is -2.23. The molecule has 1 fully saturated rings. The molecule has 3 N–H and O–H groups in total. The number of ether oxygens (including phenoxy) is 1. The number of rotatable bonds is 5. The van der Waals surface area contributed by atoms with E-state index in [1.807, 2.05) is 26.0 Å². The molecule has 2 rings (SSSR count). The normalized spacial score (nSPS) is 19.1. The van der Waals surface area contributed by atoms with Gasteiger partial charge in [0.15, 0.2) is 0 Å². The van der Waals surface area contributed by atoms with Gasteiger partial charge in [-0.2, -0.15) is 0 Å². The number of hydrogen-bond donors (Lipinski definition) is 2. The summed E-state index contributed by atoms with van der Waals surface area (Å²) in [5.41, 5.74) is 4.51. The van der Waals surface area contributed by atoms with Crippen LogP contribution in [0.15, 0.2) is 24.3 Å². The van der Waals surface area contributed by atoms with Gasteiger partial charge in [0.2, 0.25) is 0 Å². The number of hydrazine groups is 1. The smallest absolute Gasteiger partial charge is 0.119 e. The zero-order chi connectivity index (χ0) is 12.5. The van der Waals surface area contributed by atoms with Gasteiger partial charge in [0, 0.05) is 0 Å². The third-order valence-corrected chi connectivity index (χ3v) is 3.49. The van der Waals surface area contributed by atoms with E-state index in [1.165, 1.54) is 18.4 Å². The Kier molecular flexibility index (Phi) is 3.40. The second-order valence-electron chi connectivity index (χ2n) is 5.49. The van der Waals surface area contributed by atoms with Crippen LogP contribution in [0.2, 0.25) is 0 Å². The van der Waals surface area contributed by atoms with Gasteiger partial charge < -0.3 is 4.74 Å². The maximum Gasteiger partial charge on any atom is 0.119 e. The third-order valence-electron chi connectivity index (χ3n) is 3.49. The standard InChI is InChI=1S/C14H22N2O/c1-10(2)17-12-6-4-11(5-7-12)13(16-15)14(3)8-9-14/h4-7,10,13,16H,8-9,15H2,1-3H3. The highest BCUT2D eigenvalue weighted by Crippen LogP contribution is 2.54. The number of benzene rings is 1. The minimum Gasteiger partial charge on any atom is -0.491 e. The molecule has 3 nitrogen and oxygen atoms in total. The van der Waals surface area contributed by atoms with Crippen molar-refractivity contribution in [2.45, 2.75) is 45.8 Å². The second-order valence-corrected chi connectivity index (χ2v) is 5.49. The van der Waals surface area contributed by atoms with Crippen LogP contribution in [0.4, 0.5) is 0 Å². The number of hydrogen-bond acceptors (Lipinski definition) is 3. The lowest BCUT2D eigenvalue weighted by Crippen LogP contribution is -2.33. The van der Waals surface area contributed by atoms with Crippen LogP contribution in [0.3, 0.4) is 0 Å². The Morgan fingerprint density at radius 2 is 1.82 bits per heavy atom. The van der Waals surface area contributed by atoms with E-state index >= 15 is 0 Å². The summed E-state index contributed by atoms with van der Waals surface area (Å²) in [7, 11) is 0. The molecule has 3 heteroatoms. The lowest BCUT2D eigenvalue weighted by atomic mass is 9.92. The summed E-state index contributed by atoms with van der Waals surface area (Å²) in [6.07, 6.45) is 2.70. The van der Waals surface area contributed by atoms with E-state index in [4.69, 9.17) is 10.6 Å². The fraction of sp³-hybridized carbons (Fsp3) is 0.571. The molecule has 1 aromatic rings. The molecular weight excluding hydrogens is 212 g/mol. The molecule has 1 atom stereocenters. The topological polar surface area (TPSA) is 47.3 Å². The summed E-state index contributed by atoms with van der Waals surface area (Å²) < 4.78 is 5.63. The molecule has 1 aliphatic carbocycles. The van der Waals surface area contributed by atoms with Crippen molar-refractivity contribution >= 4 is 0 Å². The van der Waals surface area contributed by atoms with Crippen molar-refractivity contribution in [2.75, 3.05) is 0 Å². The van der Waals surface area contributed by atoms with E-state index in [1.54, 1.807) is 0 Å². The maximum absolute atomic E-state index is 5.67. The summed E-state index contributed by atoms with van der Waals surface area (Å²) in [6, 6.07) is 8.49. The molecule has 94 valence electrons. The van der Waals surface area contributed by atoms with Crippen LogP contribution < -0.4 is 16.0 Å².